The highest BCUT2D eigenvalue weighted by Gasteiger charge is 2.11. The van der Waals surface area contributed by atoms with Gasteiger partial charge in [-0.15, -0.1) is 6.58 Å². The van der Waals surface area contributed by atoms with Gasteiger partial charge in [0.05, 0.1) is 12.7 Å². The van der Waals surface area contributed by atoms with Crippen LogP contribution in [0, 0.1) is 5.82 Å². The molecule has 0 radical (unpaired) electrons. The molecule has 0 saturated heterocycles. The van der Waals surface area contributed by atoms with Crippen LogP contribution in [-0.2, 0) is 0 Å². The zero-order valence-electron chi connectivity index (χ0n) is 8.63. The molecule has 3 heteroatoms. The number of rotatable bonds is 5. The summed E-state index contributed by atoms with van der Waals surface area (Å²) in [4.78, 5) is 11.6. The van der Waals surface area contributed by atoms with Gasteiger partial charge in [-0.3, -0.25) is 4.79 Å². The van der Waals surface area contributed by atoms with Crippen molar-refractivity contribution in [2.24, 2.45) is 0 Å². The zero-order valence-corrected chi connectivity index (χ0v) is 8.63. The highest BCUT2D eigenvalue weighted by Crippen LogP contribution is 2.21. The van der Waals surface area contributed by atoms with Gasteiger partial charge in [0, 0.05) is 12.5 Å². The van der Waals surface area contributed by atoms with Crippen molar-refractivity contribution in [3.05, 3.63) is 42.2 Å². The first kappa shape index (κ1) is 11.4. The lowest BCUT2D eigenvalue weighted by Gasteiger charge is -2.06. The van der Waals surface area contributed by atoms with Crippen LogP contribution in [0.2, 0.25) is 0 Å². The van der Waals surface area contributed by atoms with Crippen molar-refractivity contribution in [2.45, 2.75) is 12.8 Å². The maximum absolute atomic E-state index is 12.8. The van der Waals surface area contributed by atoms with Crippen LogP contribution in [0.4, 0.5) is 4.39 Å². The fraction of sp³-hybridized carbons (Fsp3) is 0.250. The molecule has 0 heterocycles. The van der Waals surface area contributed by atoms with Crippen molar-refractivity contribution >= 4 is 5.78 Å². The van der Waals surface area contributed by atoms with E-state index in [1.54, 1.807) is 6.08 Å². The van der Waals surface area contributed by atoms with E-state index >= 15 is 0 Å². The Balaban J connectivity index is 2.92. The van der Waals surface area contributed by atoms with Crippen molar-refractivity contribution in [1.29, 1.82) is 0 Å². The predicted molar refractivity (Wildman–Crippen MR) is 56.7 cm³/mol. The summed E-state index contributed by atoms with van der Waals surface area (Å²) in [6.07, 6.45) is 2.65. The third kappa shape index (κ3) is 2.91. The number of ketones is 1. The molecular weight excluding hydrogens is 195 g/mol. The van der Waals surface area contributed by atoms with Gasteiger partial charge in [-0.05, 0) is 18.6 Å². The second kappa shape index (κ2) is 5.29. The number of carbonyl (C=O) groups is 1. The van der Waals surface area contributed by atoms with E-state index in [0.29, 0.717) is 18.4 Å². The number of halogens is 1. The summed E-state index contributed by atoms with van der Waals surface area (Å²) in [5.41, 5.74) is 0.417. The smallest absolute Gasteiger partial charge is 0.166 e. The summed E-state index contributed by atoms with van der Waals surface area (Å²) in [5.74, 6) is -0.192. The molecule has 0 atom stereocenters. The topological polar surface area (TPSA) is 26.3 Å². The molecule has 0 saturated carbocycles. The normalized spacial score (nSPS) is 9.73. The van der Waals surface area contributed by atoms with E-state index in [9.17, 15) is 9.18 Å². The molecular formula is C12H13FO2. The second-order valence-corrected chi connectivity index (χ2v) is 3.10. The van der Waals surface area contributed by atoms with Crippen LogP contribution in [0.5, 0.6) is 5.75 Å². The highest BCUT2D eigenvalue weighted by atomic mass is 19.1. The van der Waals surface area contributed by atoms with E-state index in [0.717, 1.165) is 0 Å². The van der Waals surface area contributed by atoms with Crippen LogP contribution in [0.25, 0.3) is 0 Å². The molecule has 0 aromatic heterocycles. The lowest BCUT2D eigenvalue weighted by molar-refractivity contribution is 0.0980. The number of benzene rings is 1. The third-order valence-corrected chi connectivity index (χ3v) is 2.04. The number of Topliss-reactive ketones (excluding diaryl/α,β-unsaturated/α-hetero) is 1. The molecule has 2 nitrogen and oxygen atoms in total. The van der Waals surface area contributed by atoms with Crippen LogP contribution in [0.15, 0.2) is 30.9 Å². The molecule has 0 spiro atoms. The Kier molecular flexibility index (Phi) is 4.03. The second-order valence-electron chi connectivity index (χ2n) is 3.10. The van der Waals surface area contributed by atoms with E-state index in [-0.39, 0.29) is 11.5 Å². The molecule has 0 aliphatic heterocycles. The molecule has 0 unspecified atom stereocenters. The molecule has 0 fully saturated rings. The van der Waals surface area contributed by atoms with E-state index in [1.165, 1.54) is 25.3 Å². The summed E-state index contributed by atoms with van der Waals surface area (Å²) < 4.78 is 17.8. The van der Waals surface area contributed by atoms with Crippen molar-refractivity contribution in [3.63, 3.8) is 0 Å². The molecule has 1 aromatic carbocycles. The van der Waals surface area contributed by atoms with Gasteiger partial charge in [-0.25, -0.2) is 4.39 Å². The fourth-order valence-electron chi connectivity index (χ4n) is 1.26. The molecule has 1 aromatic rings. The highest BCUT2D eigenvalue weighted by molar-refractivity contribution is 5.98. The Labute approximate surface area is 88.4 Å². The summed E-state index contributed by atoms with van der Waals surface area (Å²) in [7, 11) is 1.42. The lowest BCUT2D eigenvalue weighted by atomic mass is 10.1. The van der Waals surface area contributed by atoms with Gasteiger partial charge in [0.2, 0.25) is 0 Å². The molecule has 0 amide bonds. The fourth-order valence-corrected chi connectivity index (χ4v) is 1.26. The van der Waals surface area contributed by atoms with E-state index in [2.05, 4.69) is 6.58 Å². The predicted octanol–water partition coefficient (Wildman–Crippen LogP) is 2.98. The quantitative estimate of drug-likeness (QED) is 0.549. The van der Waals surface area contributed by atoms with Gasteiger partial charge >= 0.3 is 0 Å². The van der Waals surface area contributed by atoms with Crippen molar-refractivity contribution in [1.82, 2.24) is 0 Å². The van der Waals surface area contributed by atoms with E-state index in [1.807, 2.05) is 0 Å². The van der Waals surface area contributed by atoms with Gasteiger partial charge < -0.3 is 4.74 Å². The Bertz CT molecular complexity index is 372. The first-order chi connectivity index (χ1) is 7.19. The molecule has 80 valence electrons. The van der Waals surface area contributed by atoms with Crippen LogP contribution < -0.4 is 4.74 Å². The number of allylic oxidation sites excluding steroid dienone is 1. The minimum atomic E-state index is -0.410. The summed E-state index contributed by atoms with van der Waals surface area (Å²) in [6, 6.07) is 3.91. The van der Waals surface area contributed by atoms with Gasteiger partial charge in [-0.2, -0.15) is 0 Å². The average Bonchev–Trinajstić information content (AvgIpc) is 2.25. The van der Waals surface area contributed by atoms with Gasteiger partial charge in [0.15, 0.2) is 5.78 Å². The monoisotopic (exact) mass is 208 g/mol. The van der Waals surface area contributed by atoms with Gasteiger partial charge in [0.25, 0.3) is 0 Å². The molecule has 1 rings (SSSR count). The summed E-state index contributed by atoms with van der Waals surface area (Å²) in [6.45, 7) is 3.54. The number of ether oxygens (including phenoxy) is 1. The van der Waals surface area contributed by atoms with E-state index < -0.39 is 5.82 Å². The number of hydrogen-bond donors (Lipinski definition) is 0. The Morgan fingerprint density at radius 1 is 1.60 bits per heavy atom. The lowest BCUT2D eigenvalue weighted by Crippen LogP contribution is -2.02. The summed E-state index contributed by atoms with van der Waals surface area (Å²) in [5, 5.41) is 0. The minimum Gasteiger partial charge on any atom is -0.496 e. The Morgan fingerprint density at radius 3 is 2.93 bits per heavy atom. The van der Waals surface area contributed by atoms with Crippen LogP contribution in [-0.4, -0.2) is 12.9 Å². The largest absolute Gasteiger partial charge is 0.496 e. The Hall–Kier alpha value is -1.64. The maximum atomic E-state index is 12.8. The average molecular weight is 208 g/mol. The molecule has 0 aliphatic carbocycles. The molecule has 15 heavy (non-hydrogen) atoms. The van der Waals surface area contributed by atoms with Crippen molar-refractivity contribution < 1.29 is 13.9 Å². The maximum Gasteiger partial charge on any atom is 0.166 e. The van der Waals surface area contributed by atoms with Gasteiger partial charge in [0.1, 0.15) is 11.6 Å². The van der Waals surface area contributed by atoms with Crippen LogP contribution >= 0.6 is 0 Å². The first-order valence-electron chi connectivity index (χ1n) is 4.66. The summed E-state index contributed by atoms with van der Waals surface area (Å²) >= 11 is 0. The number of carbonyl (C=O) groups excluding carboxylic acids is 1. The third-order valence-electron chi connectivity index (χ3n) is 2.04. The molecule has 0 N–H and O–H groups in total. The van der Waals surface area contributed by atoms with E-state index in [4.69, 9.17) is 4.74 Å². The van der Waals surface area contributed by atoms with Crippen LogP contribution in [0.3, 0.4) is 0 Å². The molecule has 0 bridgehead atoms. The van der Waals surface area contributed by atoms with Crippen molar-refractivity contribution in [3.8, 4) is 5.75 Å². The standard InChI is InChI=1S/C12H13FO2/c1-3-4-5-11(14)10-7-6-9(13)8-12(10)15-2/h3,6-8H,1,4-5H2,2H3. The Morgan fingerprint density at radius 2 is 2.33 bits per heavy atom. The first-order valence-corrected chi connectivity index (χ1v) is 4.66. The van der Waals surface area contributed by atoms with Crippen molar-refractivity contribution in [2.75, 3.05) is 7.11 Å². The minimum absolute atomic E-state index is 0.0632. The SMILES string of the molecule is C=CCCC(=O)c1ccc(F)cc1OC. The van der Waals surface area contributed by atoms with Crippen LogP contribution in [0.1, 0.15) is 23.2 Å². The zero-order chi connectivity index (χ0) is 11.3. The van der Waals surface area contributed by atoms with Gasteiger partial charge in [-0.1, -0.05) is 6.08 Å². The molecule has 0 aliphatic rings. The number of hydrogen-bond acceptors (Lipinski definition) is 2. The number of methoxy groups -OCH3 is 1.